The summed E-state index contributed by atoms with van der Waals surface area (Å²) in [5.74, 6) is 0.196. The van der Waals surface area contributed by atoms with Crippen molar-refractivity contribution in [3.8, 4) is 5.75 Å². The summed E-state index contributed by atoms with van der Waals surface area (Å²) in [6.45, 7) is 4.44. The van der Waals surface area contributed by atoms with E-state index in [0.717, 1.165) is 12.8 Å². The number of nitrogens with one attached hydrogen (secondary N) is 1. The van der Waals surface area contributed by atoms with Crippen LogP contribution in [0.4, 0.5) is 0 Å². The third-order valence-electron chi connectivity index (χ3n) is 4.19. The Kier molecular flexibility index (Phi) is 4.13. The van der Waals surface area contributed by atoms with E-state index in [9.17, 15) is 9.90 Å². The minimum atomic E-state index is 0.00137. The molecule has 1 amide bonds. The number of hydrogen-bond donors (Lipinski definition) is 2. The quantitative estimate of drug-likeness (QED) is 0.878. The molecule has 1 unspecified atom stereocenters. The van der Waals surface area contributed by atoms with Crippen LogP contribution in [-0.2, 0) is 11.2 Å². The molecule has 1 aromatic carbocycles. The van der Waals surface area contributed by atoms with Gasteiger partial charge in [-0.2, -0.15) is 0 Å². The fourth-order valence-electron chi connectivity index (χ4n) is 2.84. The van der Waals surface area contributed by atoms with Gasteiger partial charge in [-0.1, -0.05) is 44.9 Å². The van der Waals surface area contributed by atoms with Gasteiger partial charge >= 0.3 is 0 Å². The smallest absolute Gasteiger partial charge is 0.224 e. The lowest BCUT2D eigenvalue weighted by molar-refractivity contribution is -0.122. The molecule has 0 aromatic heterocycles. The van der Waals surface area contributed by atoms with Crippen LogP contribution in [-0.4, -0.2) is 17.1 Å². The number of benzene rings is 1. The summed E-state index contributed by atoms with van der Waals surface area (Å²) in [7, 11) is 0. The van der Waals surface area contributed by atoms with E-state index in [-0.39, 0.29) is 29.5 Å². The molecule has 1 saturated carbocycles. The molecule has 1 atom stereocenters. The van der Waals surface area contributed by atoms with Crippen molar-refractivity contribution in [3.05, 3.63) is 29.8 Å². The highest BCUT2D eigenvalue weighted by Crippen LogP contribution is 2.35. The van der Waals surface area contributed by atoms with Crippen molar-refractivity contribution in [2.45, 2.75) is 52.0 Å². The number of aromatic hydroxyl groups is 1. The number of phenols is 1. The van der Waals surface area contributed by atoms with Crippen molar-refractivity contribution < 1.29 is 9.90 Å². The molecule has 0 heterocycles. The van der Waals surface area contributed by atoms with Gasteiger partial charge in [0.25, 0.3) is 0 Å². The fourth-order valence-corrected chi connectivity index (χ4v) is 2.84. The predicted molar refractivity (Wildman–Crippen MR) is 76.0 cm³/mol. The Balaban J connectivity index is 1.96. The maximum Gasteiger partial charge on any atom is 0.224 e. The van der Waals surface area contributed by atoms with Gasteiger partial charge in [-0.25, -0.2) is 0 Å². The molecule has 1 aliphatic carbocycles. The fraction of sp³-hybridized carbons (Fsp3) is 0.562. The second-order valence-electron chi connectivity index (χ2n) is 6.16. The Morgan fingerprint density at radius 3 is 2.79 bits per heavy atom. The molecule has 3 heteroatoms. The van der Waals surface area contributed by atoms with E-state index in [0.29, 0.717) is 5.56 Å². The molecule has 19 heavy (non-hydrogen) atoms. The Morgan fingerprint density at radius 2 is 2.11 bits per heavy atom. The standard InChI is InChI=1S/C16H23NO2/c1-16(2)10-6-5-9-14(16)17-15(19)11-12-7-3-4-8-13(12)18/h3-4,7-8,14,18H,5-6,9-11H2,1-2H3,(H,17,19). The van der Waals surface area contributed by atoms with E-state index in [4.69, 9.17) is 0 Å². The SMILES string of the molecule is CC1(C)CCCCC1NC(=O)Cc1ccccc1O. The molecular formula is C16H23NO2. The molecule has 1 fully saturated rings. The second-order valence-corrected chi connectivity index (χ2v) is 6.16. The van der Waals surface area contributed by atoms with Crippen LogP contribution in [0.5, 0.6) is 5.75 Å². The monoisotopic (exact) mass is 261 g/mol. The van der Waals surface area contributed by atoms with Crippen molar-refractivity contribution in [2.24, 2.45) is 5.41 Å². The number of amides is 1. The number of carbonyl (C=O) groups is 1. The van der Waals surface area contributed by atoms with E-state index < -0.39 is 0 Å². The second kappa shape index (κ2) is 5.64. The van der Waals surface area contributed by atoms with Crippen molar-refractivity contribution in [1.82, 2.24) is 5.32 Å². The van der Waals surface area contributed by atoms with Gasteiger partial charge < -0.3 is 10.4 Å². The van der Waals surface area contributed by atoms with Crippen LogP contribution in [0.15, 0.2) is 24.3 Å². The van der Waals surface area contributed by atoms with E-state index >= 15 is 0 Å². The number of phenolic OH excluding ortho intramolecular Hbond substituents is 1. The Labute approximate surface area is 115 Å². The molecule has 1 aromatic rings. The first kappa shape index (κ1) is 13.9. The Hall–Kier alpha value is -1.51. The lowest BCUT2D eigenvalue weighted by Crippen LogP contribution is -2.47. The van der Waals surface area contributed by atoms with Crippen LogP contribution in [0.2, 0.25) is 0 Å². The van der Waals surface area contributed by atoms with Gasteiger partial charge in [0.1, 0.15) is 5.75 Å². The van der Waals surface area contributed by atoms with Crippen molar-refractivity contribution in [3.63, 3.8) is 0 Å². The zero-order valence-electron chi connectivity index (χ0n) is 11.8. The summed E-state index contributed by atoms with van der Waals surface area (Å²) >= 11 is 0. The van der Waals surface area contributed by atoms with Crippen LogP contribution >= 0.6 is 0 Å². The molecule has 0 radical (unpaired) electrons. The van der Waals surface area contributed by atoms with Crippen molar-refractivity contribution >= 4 is 5.91 Å². The highest BCUT2D eigenvalue weighted by Gasteiger charge is 2.33. The average molecular weight is 261 g/mol. The third kappa shape index (κ3) is 3.49. The summed E-state index contributed by atoms with van der Waals surface area (Å²) in [5.41, 5.74) is 0.862. The normalized spacial score (nSPS) is 21.9. The Morgan fingerprint density at radius 1 is 1.37 bits per heavy atom. The molecular weight excluding hydrogens is 238 g/mol. The minimum absolute atomic E-state index is 0.00137. The number of hydrogen-bond acceptors (Lipinski definition) is 2. The molecule has 1 aliphatic rings. The topological polar surface area (TPSA) is 49.3 Å². The van der Waals surface area contributed by atoms with Gasteiger partial charge in [0, 0.05) is 11.6 Å². The lowest BCUT2D eigenvalue weighted by Gasteiger charge is -2.39. The third-order valence-corrected chi connectivity index (χ3v) is 4.19. The maximum atomic E-state index is 12.1. The van der Waals surface area contributed by atoms with Crippen LogP contribution in [0.3, 0.4) is 0 Å². The van der Waals surface area contributed by atoms with Gasteiger partial charge in [-0.05, 0) is 24.3 Å². The van der Waals surface area contributed by atoms with Gasteiger partial charge in [-0.3, -0.25) is 4.79 Å². The van der Waals surface area contributed by atoms with Crippen LogP contribution in [0.25, 0.3) is 0 Å². The predicted octanol–water partition coefficient (Wildman–Crippen LogP) is 3.02. The summed E-state index contributed by atoms with van der Waals surface area (Å²) in [6, 6.07) is 7.27. The molecule has 0 saturated heterocycles. The van der Waals surface area contributed by atoms with E-state index in [1.807, 2.05) is 6.07 Å². The highest BCUT2D eigenvalue weighted by molar-refractivity contribution is 5.79. The van der Waals surface area contributed by atoms with Crippen LogP contribution in [0.1, 0.15) is 45.1 Å². The molecule has 2 N–H and O–H groups in total. The molecule has 0 bridgehead atoms. The van der Waals surface area contributed by atoms with Crippen LogP contribution in [0, 0.1) is 5.41 Å². The Bertz CT molecular complexity index is 454. The van der Waals surface area contributed by atoms with Gasteiger partial charge in [0.05, 0.1) is 6.42 Å². The average Bonchev–Trinajstić information content (AvgIpc) is 2.35. The largest absolute Gasteiger partial charge is 0.508 e. The van der Waals surface area contributed by atoms with E-state index in [2.05, 4.69) is 19.2 Å². The van der Waals surface area contributed by atoms with Gasteiger partial charge in [0.15, 0.2) is 0 Å². The van der Waals surface area contributed by atoms with Crippen LogP contribution < -0.4 is 5.32 Å². The molecule has 0 spiro atoms. The first-order valence-electron chi connectivity index (χ1n) is 7.05. The highest BCUT2D eigenvalue weighted by atomic mass is 16.3. The van der Waals surface area contributed by atoms with Crippen molar-refractivity contribution in [1.29, 1.82) is 0 Å². The van der Waals surface area contributed by atoms with E-state index in [1.54, 1.807) is 18.2 Å². The number of rotatable bonds is 3. The zero-order chi connectivity index (χ0) is 13.9. The zero-order valence-corrected chi connectivity index (χ0v) is 11.8. The molecule has 0 aliphatic heterocycles. The molecule has 3 nitrogen and oxygen atoms in total. The first-order valence-corrected chi connectivity index (χ1v) is 7.05. The summed E-state index contributed by atoms with van der Waals surface area (Å²) in [4.78, 5) is 12.1. The lowest BCUT2D eigenvalue weighted by atomic mass is 9.73. The summed E-state index contributed by atoms with van der Waals surface area (Å²) in [5, 5.41) is 12.8. The van der Waals surface area contributed by atoms with Gasteiger partial charge in [0.2, 0.25) is 5.91 Å². The minimum Gasteiger partial charge on any atom is -0.508 e. The van der Waals surface area contributed by atoms with Gasteiger partial charge in [-0.15, -0.1) is 0 Å². The number of carbonyl (C=O) groups excluding carboxylic acids is 1. The van der Waals surface area contributed by atoms with Crippen molar-refractivity contribution in [2.75, 3.05) is 0 Å². The first-order chi connectivity index (χ1) is 8.99. The molecule has 2 rings (SSSR count). The maximum absolute atomic E-state index is 12.1. The molecule has 104 valence electrons. The summed E-state index contributed by atoms with van der Waals surface area (Å²) < 4.78 is 0. The van der Waals surface area contributed by atoms with E-state index in [1.165, 1.54) is 12.8 Å². The number of para-hydroxylation sites is 1. The summed E-state index contributed by atoms with van der Waals surface area (Å²) in [6.07, 6.45) is 4.90.